The molecule has 1 unspecified atom stereocenters. The molecule has 3 rings (SSSR count). The van der Waals surface area contributed by atoms with E-state index >= 15 is 0 Å². The van der Waals surface area contributed by atoms with Crippen LogP contribution in [0, 0.1) is 0 Å². The summed E-state index contributed by atoms with van der Waals surface area (Å²) in [6.45, 7) is 0. The fourth-order valence-corrected chi connectivity index (χ4v) is 4.23. The molecule has 0 aliphatic carbocycles. The first-order valence-electron chi connectivity index (χ1n) is 10.1. The number of benzene rings is 3. The minimum Gasteiger partial charge on any atom is -0.131 e. The van der Waals surface area contributed by atoms with E-state index < -0.39 is 0 Å². The fourth-order valence-electron chi connectivity index (χ4n) is 3.74. The molecule has 0 saturated carbocycles. The molecule has 2 heteroatoms. The van der Waals surface area contributed by atoms with Crippen LogP contribution in [0.2, 0.25) is 0 Å². The Morgan fingerprint density at radius 1 is 0.500 bits per heavy atom. The van der Waals surface area contributed by atoms with E-state index in [0.717, 1.165) is 12.8 Å². The molecule has 0 bridgehead atoms. The largest absolute Gasteiger partial charge is 0.131 e. The quantitative estimate of drug-likeness (QED) is 0.278. The Kier molecular flexibility index (Phi) is 9.96. The van der Waals surface area contributed by atoms with Crippen LogP contribution < -0.4 is 0 Å². The SMILES string of the molecule is Br.PC(CCCc1ccccc1)(CCc1ccccc1)CCc1ccccc1. The maximum Gasteiger partial charge on any atom is -0.0144 e. The van der Waals surface area contributed by atoms with Crippen LogP contribution in [0.1, 0.15) is 42.4 Å². The highest BCUT2D eigenvalue weighted by Gasteiger charge is 2.24. The molecule has 0 aliphatic rings. The molecule has 1 atom stereocenters. The summed E-state index contributed by atoms with van der Waals surface area (Å²) in [4.78, 5) is 0. The molecule has 0 saturated heterocycles. The smallest absolute Gasteiger partial charge is 0.0144 e. The second-order valence-corrected chi connectivity index (χ2v) is 8.90. The first kappa shape index (κ1) is 22.9. The average molecular weight is 455 g/mol. The molecule has 0 fully saturated rings. The van der Waals surface area contributed by atoms with Gasteiger partial charge < -0.3 is 0 Å². The van der Waals surface area contributed by atoms with Gasteiger partial charge in [0.2, 0.25) is 0 Å². The predicted molar refractivity (Wildman–Crippen MR) is 132 cm³/mol. The van der Waals surface area contributed by atoms with E-state index in [9.17, 15) is 0 Å². The highest BCUT2D eigenvalue weighted by molar-refractivity contribution is 8.93. The molecule has 28 heavy (non-hydrogen) atoms. The van der Waals surface area contributed by atoms with Gasteiger partial charge in [0.15, 0.2) is 0 Å². The number of hydrogen-bond donors (Lipinski definition) is 0. The lowest BCUT2D eigenvalue weighted by Gasteiger charge is -2.30. The maximum atomic E-state index is 3.25. The van der Waals surface area contributed by atoms with Crippen molar-refractivity contribution in [2.45, 2.75) is 50.1 Å². The van der Waals surface area contributed by atoms with Gasteiger partial charge in [-0.2, -0.15) is 0 Å². The molecular formula is C26H32BrP. The van der Waals surface area contributed by atoms with E-state index in [4.69, 9.17) is 0 Å². The molecule has 0 amide bonds. The third kappa shape index (κ3) is 7.90. The van der Waals surface area contributed by atoms with Crippen LogP contribution in [0.25, 0.3) is 0 Å². The molecule has 0 aromatic heterocycles. The summed E-state index contributed by atoms with van der Waals surface area (Å²) in [5.41, 5.74) is 4.36. The fraction of sp³-hybridized carbons (Fsp3) is 0.308. The van der Waals surface area contributed by atoms with Crippen LogP contribution in [0.3, 0.4) is 0 Å². The van der Waals surface area contributed by atoms with Crippen LogP contribution >= 0.6 is 26.2 Å². The van der Waals surface area contributed by atoms with Gasteiger partial charge in [-0.15, -0.1) is 26.2 Å². The second-order valence-electron chi connectivity index (χ2n) is 7.67. The molecule has 0 spiro atoms. The van der Waals surface area contributed by atoms with Crippen molar-refractivity contribution < 1.29 is 0 Å². The third-order valence-electron chi connectivity index (χ3n) is 5.49. The summed E-state index contributed by atoms with van der Waals surface area (Å²) >= 11 is 0. The number of aryl methyl sites for hydroxylation is 3. The van der Waals surface area contributed by atoms with Gasteiger partial charge >= 0.3 is 0 Å². The summed E-state index contributed by atoms with van der Waals surface area (Å²) < 4.78 is 0. The van der Waals surface area contributed by atoms with Gasteiger partial charge in [0.1, 0.15) is 0 Å². The van der Waals surface area contributed by atoms with E-state index in [1.54, 1.807) is 0 Å². The highest BCUT2D eigenvalue weighted by atomic mass is 79.9. The molecule has 0 nitrogen and oxygen atoms in total. The summed E-state index contributed by atoms with van der Waals surface area (Å²) in [5.74, 6) is 0. The Morgan fingerprint density at radius 2 is 0.857 bits per heavy atom. The zero-order valence-electron chi connectivity index (χ0n) is 16.6. The molecule has 3 aromatic carbocycles. The molecular weight excluding hydrogens is 423 g/mol. The number of halogens is 1. The lowest BCUT2D eigenvalue weighted by molar-refractivity contribution is 0.454. The zero-order chi connectivity index (χ0) is 18.8. The van der Waals surface area contributed by atoms with Gasteiger partial charge in [-0.3, -0.25) is 0 Å². The average Bonchev–Trinajstić information content (AvgIpc) is 2.73. The van der Waals surface area contributed by atoms with Crippen LogP contribution in [0.5, 0.6) is 0 Å². The van der Waals surface area contributed by atoms with Gasteiger partial charge in [0.25, 0.3) is 0 Å². The molecule has 3 aromatic rings. The van der Waals surface area contributed by atoms with Crippen LogP contribution in [0.15, 0.2) is 91.0 Å². The van der Waals surface area contributed by atoms with Crippen molar-refractivity contribution in [2.75, 3.05) is 0 Å². The molecule has 0 N–H and O–H groups in total. The lowest BCUT2D eigenvalue weighted by atomic mass is 9.87. The second kappa shape index (κ2) is 12.2. The van der Waals surface area contributed by atoms with Crippen LogP contribution in [-0.2, 0) is 19.3 Å². The monoisotopic (exact) mass is 454 g/mol. The summed E-state index contributed by atoms with van der Waals surface area (Å²) in [7, 11) is 3.25. The Bertz CT molecular complexity index is 728. The van der Waals surface area contributed by atoms with E-state index in [0.29, 0.717) is 5.16 Å². The van der Waals surface area contributed by atoms with Crippen molar-refractivity contribution in [1.29, 1.82) is 0 Å². The van der Waals surface area contributed by atoms with Gasteiger partial charge in [0.05, 0.1) is 0 Å². The topological polar surface area (TPSA) is 0 Å². The Balaban J connectivity index is 0.00000280. The molecule has 0 aliphatic heterocycles. The van der Waals surface area contributed by atoms with E-state index in [1.807, 2.05) is 0 Å². The van der Waals surface area contributed by atoms with E-state index in [2.05, 4.69) is 100 Å². The lowest BCUT2D eigenvalue weighted by Crippen LogP contribution is -2.23. The van der Waals surface area contributed by atoms with Crippen LogP contribution in [0.4, 0.5) is 0 Å². The third-order valence-corrected chi connectivity index (χ3v) is 6.36. The zero-order valence-corrected chi connectivity index (χ0v) is 19.5. The van der Waals surface area contributed by atoms with Crippen molar-refractivity contribution >= 4 is 26.2 Å². The molecule has 0 heterocycles. The number of hydrogen-bond acceptors (Lipinski definition) is 0. The van der Waals surface area contributed by atoms with Crippen molar-refractivity contribution in [3.8, 4) is 0 Å². The van der Waals surface area contributed by atoms with E-state index in [1.165, 1.54) is 48.8 Å². The van der Waals surface area contributed by atoms with Crippen molar-refractivity contribution in [3.63, 3.8) is 0 Å². The van der Waals surface area contributed by atoms with Gasteiger partial charge in [-0.05, 0) is 66.8 Å². The predicted octanol–water partition coefficient (Wildman–Crippen LogP) is 7.47. The summed E-state index contributed by atoms with van der Waals surface area (Å²) in [6.07, 6.45) is 8.44. The van der Waals surface area contributed by atoms with Crippen molar-refractivity contribution in [1.82, 2.24) is 0 Å². The van der Waals surface area contributed by atoms with Gasteiger partial charge in [-0.25, -0.2) is 0 Å². The standard InChI is InChI=1S/C26H31P.BrH/c27-26(21-18-24-13-6-2-7-14-24,22-19-25-15-8-3-9-16-25)20-10-17-23-11-4-1-5-12-23;/h1-9,11-16H,10,17-22,27H2;1H. The number of rotatable bonds is 10. The Hall–Kier alpha value is -1.43. The molecule has 148 valence electrons. The Morgan fingerprint density at radius 3 is 1.25 bits per heavy atom. The van der Waals surface area contributed by atoms with Crippen molar-refractivity contribution in [3.05, 3.63) is 108 Å². The minimum absolute atomic E-state index is 0. The van der Waals surface area contributed by atoms with Gasteiger partial charge in [-0.1, -0.05) is 91.0 Å². The highest BCUT2D eigenvalue weighted by Crippen LogP contribution is 2.35. The Labute approximate surface area is 183 Å². The first-order valence-corrected chi connectivity index (χ1v) is 10.7. The van der Waals surface area contributed by atoms with Crippen molar-refractivity contribution in [2.24, 2.45) is 0 Å². The summed E-state index contributed by atoms with van der Waals surface area (Å²) in [5, 5.41) is 0.306. The summed E-state index contributed by atoms with van der Waals surface area (Å²) in [6, 6.07) is 32.7. The van der Waals surface area contributed by atoms with Gasteiger partial charge in [0, 0.05) is 0 Å². The van der Waals surface area contributed by atoms with E-state index in [-0.39, 0.29) is 17.0 Å². The molecule has 0 radical (unpaired) electrons. The maximum absolute atomic E-state index is 3.25. The first-order chi connectivity index (χ1) is 13.2. The normalized spacial score (nSPS) is 11.0. The van der Waals surface area contributed by atoms with Crippen LogP contribution in [-0.4, -0.2) is 5.16 Å². The minimum atomic E-state index is 0.